The van der Waals surface area contributed by atoms with Gasteiger partial charge < -0.3 is 5.11 Å². The van der Waals surface area contributed by atoms with Crippen LogP contribution in [0.1, 0.15) is 17.5 Å². The second kappa shape index (κ2) is 3.23. The quantitative estimate of drug-likeness (QED) is 0.753. The van der Waals surface area contributed by atoms with Crippen molar-refractivity contribution in [1.29, 1.82) is 0 Å². The minimum absolute atomic E-state index is 0.564. The van der Waals surface area contributed by atoms with Gasteiger partial charge in [-0.05, 0) is 17.6 Å². The number of aliphatic hydroxyl groups excluding tert-OH is 1. The van der Waals surface area contributed by atoms with Gasteiger partial charge in [-0.15, -0.1) is 5.10 Å². The van der Waals surface area contributed by atoms with E-state index in [4.69, 9.17) is 0 Å². The van der Waals surface area contributed by atoms with Gasteiger partial charge in [-0.1, -0.05) is 4.49 Å². The molecule has 0 spiro atoms. The number of hydrogen-bond acceptors (Lipinski definition) is 5. The van der Waals surface area contributed by atoms with Gasteiger partial charge in [0.15, 0.2) is 0 Å². The highest BCUT2D eigenvalue weighted by atomic mass is 32.1. The molecule has 2 aromatic heterocycles. The lowest BCUT2D eigenvalue weighted by Crippen LogP contribution is -2.06. The SMILES string of the molecule is Cn1nccc1C(O)c1csnn1. The van der Waals surface area contributed by atoms with E-state index in [2.05, 4.69) is 14.7 Å². The third-order valence-electron chi connectivity index (χ3n) is 1.80. The Labute approximate surface area is 78.8 Å². The Kier molecular flexibility index (Phi) is 2.07. The first-order chi connectivity index (χ1) is 6.29. The van der Waals surface area contributed by atoms with Crippen LogP contribution >= 0.6 is 11.5 Å². The fourth-order valence-electron chi connectivity index (χ4n) is 1.09. The second-order valence-corrected chi connectivity index (χ2v) is 3.22. The van der Waals surface area contributed by atoms with Crippen LogP contribution in [0.3, 0.4) is 0 Å². The van der Waals surface area contributed by atoms with E-state index in [1.54, 1.807) is 29.4 Å². The highest BCUT2D eigenvalue weighted by molar-refractivity contribution is 7.03. The maximum absolute atomic E-state index is 9.79. The van der Waals surface area contributed by atoms with Crippen molar-refractivity contribution in [3.8, 4) is 0 Å². The Bertz CT molecular complexity index is 383. The summed E-state index contributed by atoms with van der Waals surface area (Å²) in [5.74, 6) is 0. The van der Waals surface area contributed by atoms with Crippen LogP contribution in [0.15, 0.2) is 17.6 Å². The summed E-state index contributed by atoms with van der Waals surface area (Å²) in [6, 6.07) is 1.75. The van der Waals surface area contributed by atoms with E-state index in [0.717, 1.165) is 0 Å². The van der Waals surface area contributed by atoms with Crippen LogP contribution in [0, 0.1) is 0 Å². The molecule has 1 unspecified atom stereocenters. The molecule has 0 amide bonds. The van der Waals surface area contributed by atoms with Crippen molar-refractivity contribution in [2.24, 2.45) is 7.05 Å². The molecular formula is C7H8N4OS. The number of rotatable bonds is 2. The van der Waals surface area contributed by atoms with Crippen LogP contribution in [0.25, 0.3) is 0 Å². The van der Waals surface area contributed by atoms with E-state index in [-0.39, 0.29) is 0 Å². The number of aliphatic hydroxyl groups is 1. The molecule has 0 saturated carbocycles. The lowest BCUT2D eigenvalue weighted by Gasteiger charge is -2.06. The molecule has 5 nitrogen and oxygen atoms in total. The second-order valence-electron chi connectivity index (χ2n) is 2.61. The largest absolute Gasteiger partial charge is 0.380 e. The Hall–Kier alpha value is -1.27. The molecule has 68 valence electrons. The first-order valence-corrected chi connectivity index (χ1v) is 4.55. The predicted molar refractivity (Wildman–Crippen MR) is 47.2 cm³/mol. The van der Waals surface area contributed by atoms with E-state index in [1.807, 2.05) is 0 Å². The monoisotopic (exact) mass is 196 g/mol. The summed E-state index contributed by atoms with van der Waals surface area (Å²) in [6.45, 7) is 0. The molecule has 2 heterocycles. The maximum Gasteiger partial charge on any atom is 0.140 e. The molecule has 13 heavy (non-hydrogen) atoms. The number of aryl methyl sites for hydroxylation is 1. The fourth-order valence-corrected chi connectivity index (χ4v) is 1.57. The average molecular weight is 196 g/mol. The number of aromatic nitrogens is 4. The summed E-state index contributed by atoms with van der Waals surface area (Å²) in [5.41, 5.74) is 1.28. The van der Waals surface area contributed by atoms with Gasteiger partial charge in [-0.25, -0.2) is 0 Å². The van der Waals surface area contributed by atoms with Crippen molar-refractivity contribution >= 4 is 11.5 Å². The van der Waals surface area contributed by atoms with Gasteiger partial charge >= 0.3 is 0 Å². The van der Waals surface area contributed by atoms with Crippen molar-refractivity contribution in [2.75, 3.05) is 0 Å². The van der Waals surface area contributed by atoms with E-state index < -0.39 is 6.10 Å². The zero-order valence-electron chi connectivity index (χ0n) is 6.95. The summed E-state index contributed by atoms with van der Waals surface area (Å²) in [5, 5.41) is 19.3. The summed E-state index contributed by atoms with van der Waals surface area (Å²) in [4.78, 5) is 0. The van der Waals surface area contributed by atoms with Crippen LogP contribution in [0.2, 0.25) is 0 Å². The van der Waals surface area contributed by atoms with Crippen molar-refractivity contribution in [3.63, 3.8) is 0 Å². The Balaban J connectivity index is 2.33. The van der Waals surface area contributed by atoms with E-state index in [9.17, 15) is 5.11 Å². The van der Waals surface area contributed by atoms with Crippen LogP contribution in [-0.2, 0) is 7.05 Å². The van der Waals surface area contributed by atoms with E-state index in [0.29, 0.717) is 11.4 Å². The predicted octanol–water partition coefficient (Wildman–Crippen LogP) is 0.353. The molecule has 2 aromatic rings. The molecular weight excluding hydrogens is 188 g/mol. The summed E-state index contributed by atoms with van der Waals surface area (Å²) in [6.07, 6.45) is 0.907. The van der Waals surface area contributed by atoms with Gasteiger partial charge in [0.25, 0.3) is 0 Å². The molecule has 1 N–H and O–H groups in total. The van der Waals surface area contributed by atoms with Crippen LogP contribution < -0.4 is 0 Å². The molecule has 0 aliphatic rings. The Morgan fingerprint density at radius 1 is 1.62 bits per heavy atom. The molecule has 0 saturated heterocycles. The molecule has 0 bridgehead atoms. The minimum atomic E-state index is -0.730. The van der Waals surface area contributed by atoms with Crippen LogP contribution in [0.5, 0.6) is 0 Å². The molecule has 0 radical (unpaired) electrons. The third kappa shape index (κ3) is 1.45. The van der Waals surface area contributed by atoms with Gasteiger partial charge in [0.2, 0.25) is 0 Å². The van der Waals surface area contributed by atoms with Crippen LogP contribution in [0.4, 0.5) is 0 Å². The normalized spacial score (nSPS) is 13.1. The molecule has 2 rings (SSSR count). The Morgan fingerprint density at radius 2 is 2.46 bits per heavy atom. The van der Waals surface area contributed by atoms with Crippen molar-refractivity contribution < 1.29 is 5.11 Å². The Morgan fingerprint density at radius 3 is 3.00 bits per heavy atom. The van der Waals surface area contributed by atoms with Crippen molar-refractivity contribution in [1.82, 2.24) is 19.4 Å². The van der Waals surface area contributed by atoms with Gasteiger partial charge in [0, 0.05) is 18.6 Å². The molecule has 0 aliphatic carbocycles. The van der Waals surface area contributed by atoms with Gasteiger partial charge in [0.1, 0.15) is 11.8 Å². The lowest BCUT2D eigenvalue weighted by atomic mass is 10.2. The van der Waals surface area contributed by atoms with Crippen molar-refractivity contribution in [3.05, 3.63) is 29.0 Å². The lowest BCUT2D eigenvalue weighted by molar-refractivity contribution is 0.205. The third-order valence-corrected chi connectivity index (χ3v) is 2.32. The van der Waals surface area contributed by atoms with Gasteiger partial charge in [-0.2, -0.15) is 5.10 Å². The number of nitrogens with zero attached hydrogens (tertiary/aromatic N) is 4. The molecule has 0 aromatic carbocycles. The summed E-state index contributed by atoms with van der Waals surface area (Å²) < 4.78 is 5.30. The van der Waals surface area contributed by atoms with Gasteiger partial charge in [0.05, 0.1) is 5.69 Å². The van der Waals surface area contributed by atoms with Crippen molar-refractivity contribution in [2.45, 2.75) is 6.10 Å². The zero-order valence-corrected chi connectivity index (χ0v) is 7.77. The minimum Gasteiger partial charge on any atom is -0.380 e. The average Bonchev–Trinajstić information content (AvgIpc) is 2.72. The maximum atomic E-state index is 9.79. The number of hydrogen-bond donors (Lipinski definition) is 1. The standard InChI is InChI=1S/C7H8N4OS/c1-11-6(2-3-8-11)7(12)5-4-13-10-9-5/h2-4,7,12H,1H3. The molecule has 0 fully saturated rings. The van der Waals surface area contributed by atoms with Gasteiger partial charge in [-0.3, -0.25) is 4.68 Å². The molecule has 6 heteroatoms. The zero-order chi connectivity index (χ0) is 9.26. The highest BCUT2D eigenvalue weighted by Gasteiger charge is 2.15. The fraction of sp³-hybridized carbons (Fsp3) is 0.286. The summed E-state index contributed by atoms with van der Waals surface area (Å²) >= 11 is 1.22. The summed E-state index contributed by atoms with van der Waals surface area (Å²) in [7, 11) is 1.78. The molecule has 1 atom stereocenters. The highest BCUT2D eigenvalue weighted by Crippen LogP contribution is 2.19. The first kappa shape index (κ1) is 8.33. The first-order valence-electron chi connectivity index (χ1n) is 3.72. The smallest absolute Gasteiger partial charge is 0.140 e. The molecule has 0 aliphatic heterocycles. The topological polar surface area (TPSA) is 63.8 Å². The van der Waals surface area contributed by atoms with E-state index in [1.165, 1.54) is 11.5 Å². The van der Waals surface area contributed by atoms with Crippen LogP contribution in [-0.4, -0.2) is 24.5 Å². The van der Waals surface area contributed by atoms with E-state index >= 15 is 0 Å².